The van der Waals surface area contributed by atoms with Gasteiger partial charge >= 0.3 is 5.63 Å². The molecule has 2 amide bonds. The van der Waals surface area contributed by atoms with E-state index in [0.717, 1.165) is 23.8 Å². The average Bonchev–Trinajstić information content (AvgIpc) is 2.76. The number of hydrogen-bond acceptors (Lipinski definition) is 6. The Morgan fingerprint density at radius 3 is 2.56 bits per heavy atom. The van der Waals surface area contributed by atoms with Crippen molar-refractivity contribution in [3.8, 4) is 5.75 Å². The van der Waals surface area contributed by atoms with E-state index in [0.29, 0.717) is 21.9 Å². The third-order valence-electron chi connectivity index (χ3n) is 4.34. The minimum Gasteiger partial charge on any atom is -0.484 e. The Morgan fingerprint density at radius 1 is 1.09 bits per heavy atom. The lowest BCUT2D eigenvalue weighted by molar-refractivity contribution is -0.123. The van der Waals surface area contributed by atoms with E-state index >= 15 is 0 Å². The van der Waals surface area contributed by atoms with Crippen LogP contribution in [0.2, 0.25) is 5.02 Å². The van der Waals surface area contributed by atoms with Gasteiger partial charge in [-0.3, -0.25) is 25.8 Å². The summed E-state index contributed by atoms with van der Waals surface area (Å²) in [6.07, 6.45) is 1.65. The van der Waals surface area contributed by atoms with E-state index in [9.17, 15) is 14.4 Å². The van der Waals surface area contributed by atoms with Gasteiger partial charge in [0, 0.05) is 28.1 Å². The fraction of sp³-hybridized carbons (Fsp3) is 0.182. The van der Waals surface area contributed by atoms with Gasteiger partial charge in [-0.25, -0.2) is 4.79 Å². The Bertz CT molecular complexity index is 1210. The number of halogens is 1. The predicted molar refractivity (Wildman–Crippen MR) is 125 cm³/mol. The van der Waals surface area contributed by atoms with Gasteiger partial charge in [-0.15, -0.1) is 0 Å². The number of hydrazine groups is 1. The lowest BCUT2D eigenvalue weighted by Crippen LogP contribution is -2.49. The molecule has 0 saturated carbocycles. The molecule has 0 atom stereocenters. The average molecular weight is 474 g/mol. The summed E-state index contributed by atoms with van der Waals surface area (Å²) in [6, 6.07) is 12.8. The molecule has 0 unspecified atom stereocenters. The zero-order valence-corrected chi connectivity index (χ0v) is 18.6. The van der Waals surface area contributed by atoms with Crippen molar-refractivity contribution in [2.75, 3.05) is 6.61 Å². The van der Waals surface area contributed by atoms with Gasteiger partial charge in [0.2, 0.25) is 0 Å². The third kappa shape index (κ3) is 6.29. The van der Waals surface area contributed by atoms with Crippen LogP contribution in [0.15, 0.2) is 57.7 Å². The molecular formula is C22H20ClN3O5S. The first-order chi connectivity index (χ1) is 15.4. The van der Waals surface area contributed by atoms with E-state index in [4.69, 9.17) is 33.0 Å². The molecule has 0 spiro atoms. The predicted octanol–water partition coefficient (Wildman–Crippen LogP) is 3.11. The molecule has 3 aromatic rings. The highest BCUT2D eigenvalue weighted by molar-refractivity contribution is 7.80. The number of carbonyl (C=O) groups is 2. The fourth-order valence-corrected chi connectivity index (χ4v) is 3.17. The molecule has 0 aliphatic carbocycles. The lowest BCUT2D eigenvalue weighted by Gasteiger charge is -2.12. The number of fused-ring (bicyclic) bond motifs is 1. The van der Waals surface area contributed by atoms with Gasteiger partial charge in [0.15, 0.2) is 11.7 Å². The second kappa shape index (κ2) is 10.7. The second-order valence-electron chi connectivity index (χ2n) is 6.75. The summed E-state index contributed by atoms with van der Waals surface area (Å²) in [6.45, 7) is 1.70. The molecule has 0 saturated heterocycles. The maximum Gasteiger partial charge on any atom is 0.336 e. The van der Waals surface area contributed by atoms with Crippen LogP contribution >= 0.6 is 23.8 Å². The molecular weight excluding hydrogens is 454 g/mol. The highest BCUT2D eigenvalue weighted by Gasteiger charge is 2.10. The maximum atomic E-state index is 12.1. The lowest BCUT2D eigenvalue weighted by atomic mass is 10.1. The minimum absolute atomic E-state index is 0.0887. The molecule has 3 rings (SSSR count). The first-order valence-electron chi connectivity index (χ1n) is 9.71. The monoisotopic (exact) mass is 473 g/mol. The molecule has 8 nitrogen and oxygen atoms in total. The van der Waals surface area contributed by atoms with E-state index in [2.05, 4.69) is 16.2 Å². The summed E-state index contributed by atoms with van der Waals surface area (Å²) < 4.78 is 10.7. The zero-order chi connectivity index (χ0) is 23.1. The summed E-state index contributed by atoms with van der Waals surface area (Å²) in [7, 11) is 0. The number of ether oxygens (including phenoxy) is 1. The zero-order valence-electron chi connectivity index (χ0n) is 17.1. The SMILES string of the molecule is CCCc1cc(=O)oc2cc(OCC(=O)NNC(=S)NC(=O)c3ccc(Cl)cc3)ccc12. The van der Waals surface area contributed by atoms with Crippen LogP contribution in [0.1, 0.15) is 29.3 Å². The normalized spacial score (nSPS) is 10.4. The topological polar surface area (TPSA) is 110 Å². The number of nitrogens with one attached hydrogen (secondary N) is 3. The van der Waals surface area contributed by atoms with Gasteiger partial charge in [0.25, 0.3) is 11.8 Å². The Balaban J connectivity index is 1.50. The third-order valence-corrected chi connectivity index (χ3v) is 4.80. The summed E-state index contributed by atoms with van der Waals surface area (Å²) in [5, 5.41) is 3.67. The maximum absolute atomic E-state index is 12.1. The van der Waals surface area contributed by atoms with Crippen LogP contribution in [0, 0.1) is 0 Å². The summed E-state index contributed by atoms with van der Waals surface area (Å²) in [5.74, 6) is -0.623. The highest BCUT2D eigenvalue weighted by atomic mass is 35.5. The van der Waals surface area contributed by atoms with Gasteiger partial charge in [-0.2, -0.15) is 0 Å². The Morgan fingerprint density at radius 2 is 1.84 bits per heavy atom. The molecule has 0 aliphatic rings. The quantitative estimate of drug-likeness (QED) is 0.286. The van der Waals surface area contributed by atoms with Crippen molar-refractivity contribution in [2.45, 2.75) is 19.8 Å². The van der Waals surface area contributed by atoms with Gasteiger partial charge < -0.3 is 9.15 Å². The van der Waals surface area contributed by atoms with Crippen LogP contribution in [-0.4, -0.2) is 23.5 Å². The number of aryl methyl sites for hydroxylation is 1. The molecule has 166 valence electrons. The number of carbonyl (C=O) groups excluding carboxylic acids is 2. The molecule has 0 bridgehead atoms. The molecule has 2 aromatic carbocycles. The van der Waals surface area contributed by atoms with Gasteiger partial charge in [-0.05, 0) is 60.6 Å². The Kier molecular flexibility index (Phi) is 7.80. The number of benzene rings is 2. The molecule has 1 heterocycles. The number of thiocarbonyl (C=S) groups is 1. The van der Waals surface area contributed by atoms with Crippen LogP contribution in [-0.2, 0) is 11.2 Å². The van der Waals surface area contributed by atoms with Crippen molar-refractivity contribution in [3.63, 3.8) is 0 Å². The highest BCUT2D eigenvalue weighted by Crippen LogP contribution is 2.23. The van der Waals surface area contributed by atoms with E-state index < -0.39 is 17.4 Å². The number of hydrogen-bond donors (Lipinski definition) is 3. The van der Waals surface area contributed by atoms with Gasteiger partial charge in [0.1, 0.15) is 11.3 Å². The number of rotatable bonds is 6. The van der Waals surface area contributed by atoms with Crippen LogP contribution in [0.5, 0.6) is 5.75 Å². The fourth-order valence-electron chi connectivity index (χ4n) is 2.90. The first-order valence-corrected chi connectivity index (χ1v) is 10.5. The van der Waals surface area contributed by atoms with Gasteiger partial charge in [0.05, 0.1) is 0 Å². The molecule has 0 fully saturated rings. The molecule has 1 aromatic heterocycles. The largest absolute Gasteiger partial charge is 0.484 e. The minimum atomic E-state index is -0.533. The van der Waals surface area contributed by atoms with E-state index in [1.807, 2.05) is 6.92 Å². The van der Waals surface area contributed by atoms with Crippen molar-refractivity contribution in [1.29, 1.82) is 0 Å². The summed E-state index contributed by atoms with van der Waals surface area (Å²) in [4.78, 5) is 35.8. The van der Waals surface area contributed by atoms with Crippen LogP contribution < -0.4 is 26.5 Å². The van der Waals surface area contributed by atoms with Crippen LogP contribution in [0.4, 0.5) is 0 Å². The first kappa shape index (κ1) is 23.2. The van der Waals surface area contributed by atoms with E-state index in [1.54, 1.807) is 42.5 Å². The Hall–Kier alpha value is -3.43. The smallest absolute Gasteiger partial charge is 0.336 e. The van der Waals surface area contributed by atoms with Crippen molar-refractivity contribution < 1.29 is 18.7 Å². The van der Waals surface area contributed by atoms with Crippen molar-refractivity contribution >= 4 is 51.7 Å². The van der Waals surface area contributed by atoms with Crippen molar-refractivity contribution in [1.82, 2.24) is 16.2 Å². The summed E-state index contributed by atoms with van der Waals surface area (Å²) >= 11 is 10.8. The molecule has 32 heavy (non-hydrogen) atoms. The second-order valence-corrected chi connectivity index (χ2v) is 7.60. The van der Waals surface area contributed by atoms with Crippen LogP contribution in [0.3, 0.4) is 0 Å². The molecule has 3 N–H and O–H groups in total. The molecule has 0 radical (unpaired) electrons. The number of amides is 2. The van der Waals surface area contributed by atoms with Crippen molar-refractivity contribution in [3.05, 3.63) is 75.1 Å². The van der Waals surface area contributed by atoms with Gasteiger partial charge in [-0.1, -0.05) is 24.9 Å². The molecule has 0 aliphatic heterocycles. The Labute approximate surface area is 193 Å². The summed E-state index contributed by atoms with van der Waals surface area (Å²) in [5.41, 5.74) is 5.97. The standard InChI is InChI=1S/C22H20ClN3O5S/c1-2-3-14-10-20(28)31-18-11-16(8-9-17(14)18)30-12-19(27)25-26-22(32)24-21(29)13-4-6-15(23)7-5-13/h4-11H,2-3,12H2,1H3,(H,25,27)(H2,24,26,29,32). The molecule has 10 heteroatoms. The van der Waals surface area contributed by atoms with Crippen LogP contribution in [0.25, 0.3) is 11.0 Å². The van der Waals surface area contributed by atoms with Crippen molar-refractivity contribution in [2.24, 2.45) is 0 Å². The van der Waals surface area contributed by atoms with E-state index in [-0.39, 0.29) is 11.7 Å². The van der Waals surface area contributed by atoms with E-state index in [1.165, 1.54) is 6.07 Å².